The van der Waals surface area contributed by atoms with Crippen molar-refractivity contribution < 1.29 is 0 Å². The van der Waals surface area contributed by atoms with E-state index in [2.05, 4.69) is 30.7 Å². The first-order valence-corrected chi connectivity index (χ1v) is 7.41. The van der Waals surface area contributed by atoms with Crippen LogP contribution in [0.5, 0.6) is 0 Å². The van der Waals surface area contributed by atoms with Crippen LogP contribution in [0.1, 0.15) is 32.8 Å². The summed E-state index contributed by atoms with van der Waals surface area (Å²) in [4.78, 5) is 6.85. The van der Waals surface area contributed by atoms with Crippen molar-refractivity contribution in [1.82, 2.24) is 4.98 Å². The summed E-state index contributed by atoms with van der Waals surface area (Å²) >= 11 is 12.0. The van der Waals surface area contributed by atoms with Crippen molar-refractivity contribution in [1.29, 1.82) is 0 Å². The van der Waals surface area contributed by atoms with Crippen LogP contribution in [0.25, 0.3) is 0 Å². The summed E-state index contributed by atoms with van der Waals surface area (Å²) in [5.41, 5.74) is 0.960. The molecule has 0 aromatic carbocycles. The third kappa shape index (κ3) is 2.75. The Hall–Kier alpha value is -0.470. The number of anilines is 1. The molecule has 3 atom stereocenters. The summed E-state index contributed by atoms with van der Waals surface area (Å²) in [5.74, 6) is 2.82. The Morgan fingerprint density at radius 2 is 2.11 bits per heavy atom. The van der Waals surface area contributed by atoms with Crippen LogP contribution in [-0.2, 0) is 5.88 Å². The lowest BCUT2D eigenvalue weighted by Crippen LogP contribution is -2.46. The maximum absolute atomic E-state index is 6.06. The van der Waals surface area contributed by atoms with Crippen molar-refractivity contribution in [2.45, 2.75) is 39.1 Å². The maximum Gasteiger partial charge on any atom is 0.129 e. The number of pyridine rings is 1. The molecule has 2 rings (SSSR count). The van der Waals surface area contributed by atoms with Crippen LogP contribution in [0.4, 0.5) is 5.82 Å². The molecule has 0 N–H and O–H groups in total. The summed E-state index contributed by atoms with van der Waals surface area (Å²) in [6, 6.07) is 2.54. The zero-order chi connectivity index (χ0) is 13.3. The molecule has 18 heavy (non-hydrogen) atoms. The summed E-state index contributed by atoms with van der Waals surface area (Å²) in [5, 5.41) is 0.652. The molecule has 1 aromatic rings. The zero-order valence-electron chi connectivity index (χ0n) is 11.2. The summed E-state index contributed by atoms with van der Waals surface area (Å²) in [6.45, 7) is 7.94. The van der Waals surface area contributed by atoms with Gasteiger partial charge in [0.05, 0.1) is 5.02 Å². The molecule has 2 nitrogen and oxygen atoms in total. The molecule has 0 radical (unpaired) electrons. The Kier molecular flexibility index (Phi) is 4.39. The molecular formula is C14H20Cl2N2. The van der Waals surface area contributed by atoms with E-state index in [1.165, 1.54) is 6.42 Å². The topological polar surface area (TPSA) is 16.1 Å². The second-order valence-corrected chi connectivity index (χ2v) is 6.15. The van der Waals surface area contributed by atoms with Gasteiger partial charge in [0.15, 0.2) is 0 Å². The largest absolute Gasteiger partial charge is 0.353 e. The Morgan fingerprint density at radius 3 is 2.78 bits per heavy atom. The van der Waals surface area contributed by atoms with Gasteiger partial charge in [-0.2, -0.15) is 0 Å². The van der Waals surface area contributed by atoms with Crippen molar-refractivity contribution in [2.75, 3.05) is 11.4 Å². The number of halogens is 2. The van der Waals surface area contributed by atoms with Gasteiger partial charge in [-0.25, -0.2) is 4.98 Å². The van der Waals surface area contributed by atoms with Gasteiger partial charge >= 0.3 is 0 Å². The molecule has 1 saturated heterocycles. The lowest BCUT2D eigenvalue weighted by molar-refractivity contribution is 0.295. The van der Waals surface area contributed by atoms with Gasteiger partial charge in [-0.1, -0.05) is 25.4 Å². The van der Waals surface area contributed by atoms with Crippen LogP contribution in [0.15, 0.2) is 12.3 Å². The fourth-order valence-electron chi connectivity index (χ4n) is 2.74. The van der Waals surface area contributed by atoms with Crippen molar-refractivity contribution in [3.8, 4) is 0 Å². The summed E-state index contributed by atoms with van der Waals surface area (Å²) < 4.78 is 0. The number of piperidine rings is 1. The second-order valence-electron chi connectivity index (χ2n) is 5.48. The molecule has 1 aromatic heterocycles. The fraction of sp³-hybridized carbons (Fsp3) is 0.643. The molecule has 0 spiro atoms. The molecule has 1 fully saturated rings. The van der Waals surface area contributed by atoms with Crippen LogP contribution in [0.3, 0.4) is 0 Å². The molecule has 0 saturated carbocycles. The Labute approximate surface area is 119 Å². The molecule has 3 unspecified atom stereocenters. The van der Waals surface area contributed by atoms with E-state index in [9.17, 15) is 0 Å². The van der Waals surface area contributed by atoms with E-state index in [-0.39, 0.29) is 0 Å². The van der Waals surface area contributed by atoms with Crippen molar-refractivity contribution >= 4 is 29.0 Å². The first kappa shape index (κ1) is 14.0. The molecule has 0 amide bonds. The van der Waals surface area contributed by atoms with Gasteiger partial charge in [0.1, 0.15) is 5.82 Å². The second kappa shape index (κ2) is 5.66. The van der Waals surface area contributed by atoms with Crippen LogP contribution >= 0.6 is 23.2 Å². The maximum atomic E-state index is 6.06. The highest BCUT2D eigenvalue weighted by molar-refractivity contribution is 6.32. The third-order valence-electron chi connectivity index (χ3n) is 3.96. The van der Waals surface area contributed by atoms with Gasteiger partial charge in [0, 0.05) is 24.7 Å². The Morgan fingerprint density at radius 1 is 1.39 bits per heavy atom. The van der Waals surface area contributed by atoms with Gasteiger partial charge in [0.25, 0.3) is 0 Å². The van der Waals surface area contributed by atoms with E-state index in [1.807, 2.05) is 6.07 Å². The third-order valence-corrected chi connectivity index (χ3v) is 4.58. The summed E-state index contributed by atoms with van der Waals surface area (Å²) in [6.07, 6.45) is 3.00. The smallest absolute Gasteiger partial charge is 0.129 e. The minimum atomic E-state index is 0.432. The van der Waals surface area contributed by atoms with Gasteiger partial charge in [-0.3, -0.25) is 0 Å². The highest BCUT2D eigenvalue weighted by Crippen LogP contribution is 2.31. The van der Waals surface area contributed by atoms with Crippen molar-refractivity contribution in [3.05, 3.63) is 22.8 Å². The van der Waals surface area contributed by atoms with Gasteiger partial charge < -0.3 is 4.90 Å². The molecular weight excluding hydrogens is 267 g/mol. The zero-order valence-corrected chi connectivity index (χ0v) is 12.7. The number of alkyl halides is 1. The highest BCUT2D eigenvalue weighted by atomic mass is 35.5. The molecule has 1 aliphatic rings. The van der Waals surface area contributed by atoms with Crippen LogP contribution in [0, 0.1) is 11.8 Å². The predicted octanol–water partition coefficient (Wildman–Crippen LogP) is 4.34. The normalized spacial score (nSPS) is 28.5. The lowest BCUT2D eigenvalue weighted by Gasteiger charge is -2.42. The minimum absolute atomic E-state index is 0.432. The average Bonchev–Trinajstić information content (AvgIpc) is 2.34. The average molecular weight is 287 g/mol. The van der Waals surface area contributed by atoms with E-state index < -0.39 is 0 Å². The predicted molar refractivity (Wildman–Crippen MR) is 78.6 cm³/mol. The van der Waals surface area contributed by atoms with E-state index in [0.717, 1.165) is 17.9 Å². The van der Waals surface area contributed by atoms with Gasteiger partial charge in [-0.15, -0.1) is 11.6 Å². The molecule has 0 bridgehead atoms. The van der Waals surface area contributed by atoms with Crippen LogP contribution < -0.4 is 4.90 Å². The Bertz CT molecular complexity index is 422. The molecule has 2 heterocycles. The first-order chi connectivity index (χ1) is 8.52. The van der Waals surface area contributed by atoms with Gasteiger partial charge in [0.2, 0.25) is 0 Å². The van der Waals surface area contributed by atoms with Gasteiger partial charge in [-0.05, 0) is 36.8 Å². The number of nitrogens with zero attached hydrogens (tertiary/aromatic N) is 2. The molecule has 1 aliphatic heterocycles. The fourth-order valence-corrected chi connectivity index (χ4v) is 3.20. The monoisotopic (exact) mass is 286 g/mol. The number of hydrogen-bond donors (Lipinski definition) is 0. The SMILES string of the molecule is CC1CC(C)C(C)N(c2cc(CCl)c(Cl)cn2)C1. The van der Waals surface area contributed by atoms with E-state index in [1.54, 1.807) is 6.20 Å². The lowest BCUT2D eigenvalue weighted by atomic mass is 9.86. The molecule has 0 aliphatic carbocycles. The van der Waals surface area contributed by atoms with Crippen molar-refractivity contribution in [3.63, 3.8) is 0 Å². The van der Waals surface area contributed by atoms with E-state index in [4.69, 9.17) is 23.2 Å². The minimum Gasteiger partial charge on any atom is -0.353 e. The highest BCUT2D eigenvalue weighted by Gasteiger charge is 2.29. The molecule has 100 valence electrons. The van der Waals surface area contributed by atoms with Crippen LogP contribution in [-0.4, -0.2) is 17.6 Å². The summed E-state index contributed by atoms with van der Waals surface area (Å²) in [7, 11) is 0. The molecule has 4 heteroatoms. The Balaban J connectivity index is 2.29. The van der Waals surface area contributed by atoms with E-state index >= 15 is 0 Å². The van der Waals surface area contributed by atoms with Crippen molar-refractivity contribution in [2.24, 2.45) is 11.8 Å². The number of aromatic nitrogens is 1. The standard InChI is InChI=1S/C14H20Cl2N2/c1-9-4-10(2)11(3)18(8-9)14-5-12(6-15)13(16)7-17-14/h5,7,9-11H,4,6,8H2,1-3H3. The number of rotatable bonds is 2. The first-order valence-electron chi connectivity index (χ1n) is 6.50. The number of hydrogen-bond acceptors (Lipinski definition) is 2. The van der Waals surface area contributed by atoms with E-state index in [0.29, 0.717) is 28.8 Å². The quantitative estimate of drug-likeness (QED) is 0.752. The van der Waals surface area contributed by atoms with Crippen LogP contribution in [0.2, 0.25) is 5.02 Å².